The first-order chi connectivity index (χ1) is 6.22. The number of rotatable bonds is 4. The summed E-state index contributed by atoms with van der Waals surface area (Å²) in [4.78, 5) is 12.1. The number of hydrogen-bond acceptors (Lipinski definition) is 3. The van der Waals surface area contributed by atoms with E-state index in [1.54, 1.807) is 28.5 Å². The molecule has 0 saturated carbocycles. The first-order valence-electron chi connectivity index (χ1n) is 4.01. The van der Waals surface area contributed by atoms with Crippen LogP contribution in [0.2, 0.25) is 0 Å². The number of benzene rings is 1. The second kappa shape index (κ2) is 5.35. The fraction of sp³-hybridized carbons (Fsp3) is 0.300. The smallest absolute Gasteiger partial charge is 0.134 e. The molecule has 1 aromatic carbocycles. The molecule has 0 aromatic heterocycles. The molecule has 0 aliphatic heterocycles. The summed E-state index contributed by atoms with van der Waals surface area (Å²) in [7, 11) is 3.46. The van der Waals surface area contributed by atoms with E-state index in [1.807, 2.05) is 18.4 Å². The maximum atomic E-state index is 10.8. The van der Waals surface area contributed by atoms with E-state index in [2.05, 4.69) is 12.1 Å². The van der Waals surface area contributed by atoms with Gasteiger partial charge < -0.3 is 0 Å². The van der Waals surface area contributed by atoms with Gasteiger partial charge in [-0.2, -0.15) is 0 Å². The van der Waals surface area contributed by atoms with Crippen LogP contribution in [0, 0.1) is 0 Å². The van der Waals surface area contributed by atoms with E-state index in [0.717, 1.165) is 5.56 Å². The number of Topliss-reactive ketones (excluding diaryl/α,β-unsaturated/α-hetero) is 1. The van der Waals surface area contributed by atoms with Crippen molar-refractivity contribution in [1.82, 2.24) is 0 Å². The number of carbonyl (C=O) groups excluding carboxylic acids is 1. The zero-order chi connectivity index (χ0) is 9.68. The highest BCUT2D eigenvalue weighted by Crippen LogP contribution is 2.28. The molecule has 70 valence electrons. The van der Waals surface area contributed by atoms with Crippen molar-refractivity contribution in [2.75, 3.05) is 6.26 Å². The maximum Gasteiger partial charge on any atom is 0.134 e. The summed E-state index contributed by atoms with van der Waals surface area (Å²) in [6.45, 7) is 1.62. The molecule has 0 aliphatic rings. The van der Waals surface area contributed by atoms with Crippen LogP contribution in [0.15, 0.2) is 29.2 Å². The number of hydrogen-bond donors (Lipinski definition) is 0. The van der Waals surface area contributed by atoms with Crippen LogP contribution >= 0.6 is 21.6 Å². The van der Waals surface area contributed by atoms with Crippen molar-refractivity contribution in [3.05, 3.63) is 29.8 Å². The standard InChI is InChI=1S/C10H12OS2/c1-8(11)7-9-3-5-10(6-4-9)13-12-2/h3-6H,7H2,1-2H3. The van der Waals surface area contributed by atoms with Crippen molar-refractivity contribution in [2.24, 2.45) is 0 Å². The predicted molar refractivity (Wildman–Crippen MR) is 60.2 cm³/mol. The first-order valence-corrected chi connectivity index (χ1v) is 6.57. The van der Waals surface area contributed by atoms with Gasteiger partial charge in [0.15, 0.2) is 0 Å². The Hall–Kier alpha value is -0.410. The lowest BCUT2D eigenvalue weighted by atomic mass is 10.1. The Labute approximate surface area is 86.7 Å². The predicted octanol–water partition coefficient (Wildman–Crippen LogP) is 3.19. The van der Waals surface area contributed by atoms with Crippen molar-refractivity contribution < 1.29 is 4.79 Å². The molecule has 0 spiro atoms. The van der Waals surface area contributed by atoms with Gasteiger partial charge in [-0.05, 0) is 30.9 Å². The van der Waals surface area contributed by atoms with Gasteiger partial charge in [0.2, 0.25) is 0 Å². The molecule has 1 nitrogen and oxygen atoms in total. The third-order valence-electron chi connectivity index (χ3n) is 1.56. The van der Waals surface area contributed by atoms with Crippen LogP contribution in [-0.2, 0) is 11.2 Å². The summed E-state index contributed by atoms with van der Waals surface area (Å²) >= 11 is 0. The van der Waals surface area contributed by atoms with Crippen LogP contribution < -0.4 is 0 Å². The van der Waals surface area contributed by atoms with Gasteiger partial charge in [-0.1, -0.05) is 33.7 Å². The van der Waals surface area contributed by atoms with Crippen molar-refractivity contribution in [3.63, 3.8) is 0 Å². The molecule has 0 aliphatic carbocycles. The lowest BCUT2D eigenvalue weighted by Gasteiger charge is -1.99. The van der Waals surface area contributed by atoms with Gasteiger partial charge in [0.05, 0.1) is 0 Å². The third-order valence-corrected chi connectivity index (χ3v) is 3.26. The van der Waals surface area contributed by atoms with Crippen LogP contribution in [0.1, 0.15) is 12.5 Å². The first kappa shape index (κ1) is 10.7. The molecule has 13 heavy (non-hydrogen) atoms. The van der Waals surface area contributed by atoms with Crippen molar-refractivity contribution in [2.45, 2.75) is 18.2 Å². The summed E-state index contributed by atoms with van der Waals surface area (Å²) in [6.07, 6.45) is 2.60. The van der Waals surface area contributed by atoms with Gasteiger partial charge in [0.25, 0.3) is 0 Å². The van der Waals surface area contributed by atoms with Crippen molar-refractivity contribution >= 4 is 27.4 Å². The van der Waals surface area contributed by atoms with Gasteiger partial charge in [-0.3, -0.25) is 4.79 Å². The average Bonchev–Trinajstić information content (AvgIpc) is 2.08. The van der Waals surface area contributed by atoms with Crippen molar-refractivity contribution in [3.8, 4) is 0 Å². The molecule has 0 heterocycles. The van der Waals surface area contributed by atoms with E-state index >= 15 is 0 Å². The quantitative estimate of drug-likeness (QED) is 0.713. The molecule has 0 N–H and O–H groups in total. The summed E-state index contributed by atoms with van der Waals surface area (Å²) in [5.41, 5.74) is 1.10. The van der Waals surface area contributed by atoms with Gasteiger partial charge in [-0.25, -0.2) is 0 Å². The molecule has 1 aromatic rings. The van der Waals surface area contributed by atoms with Gasteiger partial charge in [-0.15, -0.1) is 0 Å². The summed E-state index contributed by atoms with van der Waals surface area (Å²) in [6, 6.07) is 8.14. The molecule has 1 rings (SSSR count). The SMILES string of the molecule is CSSc1ccc(CC(C)=O)cc1. The minimum Gasteiger partial charge on any atom is -0.300 e. The van der Waals surface area contributed by atoms with E-state index in [9.17, 15) is 4.79 Å². The molecular weight excluding hydrogens is 200 g/mol. The summed E-state index contributed by atoms with van der Waals surface area (Å²) in [5.74, 6) is 0.213. The Morgan fingerprint density at radius 2 is 1.92 bits per heavy atom. The second-order valence-electron chi connectivity index (χ2n) is 2.77. The normalized spacial score (nSPS) is 10.0. The van der Waals surface area contributed by atoms with Crippen molar-refractivity contribution in [1.29, 1.82) is 0 Å². The minimum absolute atomic E-state index is 0.213. The molecule has 0 bridgehead atoms. The molecule has 0 amide bonds. The Balaban J connectivity index is 2.64. The van der Waals surface area contributed by atoms with Gasteiger partial charge in [0, 0.05) is 11.3 Å². The Morgan fingerprint density at radius 1 is 1.31 bits per heavy atom. The third kappa shape index (κ3) is 3.87. The lowest BCUT2D eigenvalue weighted by Crippen LogP contribution is -1.95. The molecule has 0 saturated heterocycles. The molecule has 0 radical (unpaired) electrons. The highest BCUT2D eigenvalue weighted by Gasteiger charge is 1.97. The van der Waals surface area contributed by atoms with Gasteiger partial charge >= 0.3 is 0 Å². The fourth-order valence-electron chi connectivity index (χ4n) is 1.05. The van der Waals surface area contributed by atoms with Crippen LogP contribution in [0.25, 0.3) is 0 Å². The topological polar surface area (TPSA) is 17.1 Å². The Kier molecular flexibility index (Phi) is 4.39. The minimum atomic E-state index is 0.213. The largest absolute Gasteiger partial charge is 0.300 e. The molecule has 0 atom stereocenters. The van der Waals surface area contributed by atoms with Crippen LogP contribution in [-0.4, -0.2) is 12.0 Å². The summed E-state index contributed by atoms with van der Waals surface area (Å²) < 4.78 is 0. The van der Waals surface area contributed by atoms with E-state index in [4.69, 9.17) is 0 Å². The zero-order valence-corrected chi connectivity index (χ0v) is 9.37. The van der Waals surface area contributed by atoms with E-state index in [1.165, 1.54) is 4.90 Å². The Morgan fingerprint density at radius 3 is 2.38 bits per heavy atom. The Bertz CT molecular complexity index is 279. The van der Waals surface area contributed by atoms with E-state index in [-0.39, 0.29) is 5.78 Å². The molecule has 0 fully saturated rings. The lowest BCUT2D eigenvalue weighted by molar-refractivity contribution is -0.116. The fourth-order valence-corrected chi connectivity index (χ4v) is 2.40. The highest BCUT2D eigenvalue weighted by atomic mass is 33.1. The molecule has 0 unspecified atom stereocenters. The van der Waals surface area contributed by atoms with E-state index < -0.39 is 0 Å². The second-order valence-corrected chi connectivity index (χ2v) is 5.24. The molecule has 3 heteroatoms. The average molecular weight is 212 g/mol. The van der Waals surface area contributed by atoms with E-state index in [0.29, 0.717) is 6.42 Å². The highest BCUT2D eigenvalue weighted by molar-refractivity contribution is 8.76. The van der Waals surface area contributed by atoms with Crippen LogP contribution in [0.4, 0.5) is 0 Å². The van der Waals surface area contributed by atoms with Crippen LogP contribution in [0.5, 0.6) is 0 Å². The zero-order valence-electron chi connectivity index (χ0n) is 7.74. The number of ketones is 1. The maximum absolute atomic E-state index is 10.8. The monoisotopic (exact) mass is 212 g/mol. The summed E-state index contributed by atoms with van der Waals surface area (Å²) in [5, 5.41) is 0. The molecular formula is C10H12OS2. The van der Waals surface area contributed by atoms with Crippen LogP contribution in [0.3, 0.4) is 0 Å². The number of carbonyl (C=O) groups is 1. The van der Waals surface area contributed by atoms with Gasteiger partial charge in [0.1, 0.15) is 5.78 Å².